The van der Waals surface area contributed by atoms with Gasteiger partial charge in [-0.1, -0.05) is 0 Å². The molecule has 4 N–H and O–H groups in total. The summed E-state index contributed by atoms with van der Waals surface area (Å²) in [6.07, 6.45) is 5.21. The van der Waals surface area contributed by atoms with E-state index in [-0.39, 0.29) is 10.6 Å². The SMILES string of the molecule is CNS(=O)(=O)c1ccc(NC(C2CC2)C2CC2)cc1N. The van der Waals surface area contributed by atoms with Gasteiger partial charge in [-0.05, 0) is 62.8 Å². The van der Waals surface area contributed by atoms with E-state index < -0.39 is 10.0 Å². The number of nitrogens with two attached hydrogens (primary N) is 1. The van der Waals surface area contributed by atoms with Gasteiger partial charge in [0.25, 0.3) is 0 Å². The maximum atomic E-state index is 11.8. The van der Waals surface area contributed by atoms with Crippen molar-refractivity contribution in [1.29, 1.82) is 0 Å². The first-order chi connectivity index (χ1) is 9.51. The molecule has 0 saturated heterocycles. The van der Waals surface area contributed by atoms with Crippen molar-refractivity contribution in [2.45, 2.75) is 36.6 Å². The van der Waals surface area contributed by atoms with Crippen LogP contribution in [0.3, 0.4) is 0 Å². The predicted octanol–water partition coefficient (Wildman–Crippen LogP) is 1.78. The lowest BCUT2D eigenvalue weighted by molar-refractivity contribution is 0.568. The molecule has 1 aromatic carbocycles. The van der Waals surface area contributed by atoms with E-state index in [9.17, 15) is 8.42 Å². The minimum Gasteiger partial charge on any atom is -0.398 e. The number of sulfonamides is 1. The Bertz CT molecular complexity index is 595. The topological polar surface area (TPSA) is 84.2 Å². The summed E-state index contributed by atoms with van der Waals surface area (Å²) in [6.45, 7) is 0. The average Bonchev–Trinajstić information content (AvgIpc) is 3.28. The number of nitrogen functional groups attached to an aromatic ring is 1. The standard InChI is InChI=1S/C14H21N3O2S/c1-16-20(18,19)13-7-6-11(8-12(13)15)17-14(9-2-3-9)10-4-5-10/h6-10,14,16-17H,2-5,15H2,1H3. The second-order valence-corrected chi connectivity index (χ2v) is 7.66. The van der Waals surface area contributed by atoms with Crippen LogP contribution in [-0.4, -0.2) is 21.5 Å². The van der Waals surface area contributed by atoms with Gasteiger partial charge in [0.2, 0.25) is 10.0 Å². The van der Waals surface area contributed by atoms with Gasteiger partial charge >= 0.3 is 0 Å². The maximum Gasteiger partial charge on any atom is 0.242 e. The highest BCUT2D eigenvalue weighted by Crippen LogP contribution is 2.46. The first-order valence-corrected chi connectivity index (χ1v) is 8.59. The first kappa shape index (κ1) is 13.7. The highest BCUT2D eigenvalue weighted by atomic mass is 32.2. The molecule has 0 amide bonds. The summed E-state index contributed by atoms with van der Waals surface area (Å²) in [5.74, 6) is 1.56. The Labute approximate surface area is 120 Å². The van der Waals surface area contributed by atoms with Gasteiger partial charge in [0.1, 0.15) is 4.90 Å². The molecule has 0 spiro atoms. The summed E-state index contributed by atoms with van der Waals surface area (Å²) in [5, 5.41) is 3.55. The highest BCUT2D eigenvalue weighted by Gasteiger charge is 2.41. The van der Waals surface area contributed by atoms with E-state index in [1.165, 1.54) is 32.7 Å². The zero-order valence-corrected chi connectivity index (χ0v) is 12.4. The van der Waals surface area contributed by atoms with Crippen molar-refractivity contribution in [1.82, 2.24) is 4.72 Å². The average molecular weight is 295 g/mol. The fraction of sp³-hybridized carbons (Fsp3) is 0.571. The first-order valence-electron chi connectivity index (χ1n) is 7.11. The van der Waals surface area contributed by atoms with E-state index in [4.69, 9.17) is 5.73 Å². The molecule has 2 aliphatic carbocycles. The van der Waals surface area contributed by atoms with Gasteiger partial charge in [0, 0.05) is 11.7 Å². The zero-order valence-electron chi connectivity index (χ0n) is 11.6. The van der Waals surface area contributed by atoms with Crippen molar-refractivity contribution >= 4 is 21.4 Å². The van der Waals surface area contributed by atoms with E-state index >= 15 is 0 Å². The Hall–Kier alpha value is -1.27. The van der Waals surface area contributed by atoms with E-state index in [1.54, 1.807) is 18.2 Å². The van der Waals surface area contributed by atoms with E-state index in [0.29, 0.717) is 6.04 Å². The van der Waals surface area contributed by atoms with Gasteiger partial charge in [-0.15, -0.1) is 0 Å². The number of hydrogen-bond acceptors (Lipinski definition) is 4. The number of benzene rings is 1. The summed E-state index contributed by atoms with van der Waals surface area (Å²) < 4.78 is 25.8. The van der Waals surface area contributed by atoms with E-state index in [1.807, 2.05) is 0 Å². The van der Waals surface area contributed by atoms with Crippen LogP contribution >= 0.6 is 0 Å². The number of anilines is 2. The minimum absolute atomic E-state index is 0.139. The summed E-state index contributed by atoms with van der Waals surface area (Å²) in [4.78, 5) is 0.139. The van der Waals surface area contributed by atoms with Crippen LogP contribution < -0.4 is 15.8 Å². The molecule has 0 unspecified atom stereocenters. The molecule has 1 aromatic rings. The predicted molar refractivity (Wildman–Crippen MR) is 80.0 cm³/mol. The molecule has 2 fully saturated rings. The molecular weight excluding hydrogens is 274 g/mol. The van der Waals surface area contributed by atoms with Crippen molar-refractivity contribution in [3.8, 4) is 0 Å². The minimum atomic E-state index is -3.48. The van der Waals surface area contributed by atoms with Crippen LogP contribution in [0.4, 0.5) is 11.4 Å². The molecule has 0 radical (unpaired) electrons. The molecule has 6 heteroatoms. The Morgan fingerprint density at radius 2 is 1.80 bits per heavy atom. The number of hydrogen-bond donors (Lipinski definition) is 3. The highest BCUT2D eigenvalue weighted by molar-refractivity contribution is 7.89. The summed E-state index contributed by atoms with van der Waals surface area (Å²) >= 11 is 0. The van der Waals surface area contributed by atoms with Gasteiger partial charge in [-0.2, -0.15) is 0 Å². The molecule has 2 saturated carbocycles. The lowest BCUT2D eigenvalue weighted by Crippen LogP contribution is -2.24. The van der Waals surface area contributed by atoms with Crippen LogP contribution in [0.5, 0.6) is 0 Å². The van der Waals surface area contributed by atoms with Crippen LogP contribution in [-0.2, 0) is 10.0 Å². The molecule has 5 nitrogen and oxygen atoms in total. The smallest absolute Gasteiger partial charge is 0.242 e. The Balaban J connectivity index is 1.79. The van der Waals surface area contributed by atoms with Crippen molar-refractivity contribution in [2.24, 2.45) is 11.8 Å². The van der Waals surface area contributed by atoms with Crippen molar-refractivity contribution in [3.05, 3.63) is 18.2 Å². The zero-order chi connectivity index (χ0) is 14.3. The van der Waals surface area contributed by atoms with Crippen LogP contribution in [0.1, 0.15) is 25.7 Å². The second kappa shape index (κ2) is 4.93. The lowest BCUT2D eigenvalue weighted by Gasteiger charge is -2.20. The van der Waals surface area contributed by atoms with Gasteiger partial charge in [-0.3, -0.25) is 0 Å². The molecule has 2 aliphatic rings. The molecular formula is C14H21N3O2S. The molecule has 0 heterocycles. The lowest BCUT2D eigenvalue weighted by atomic mass is 10.1. The van der Waals surface area contributed by atoms with Crippen molar-refractivity contribution in [2.75, 3.05) is 18.1 Å². The van der Waals surface area contributed by atoms with Crippen LogP contribution in [0.25, 0.3) is 0 Å². The van der Waals surface area contributed by atoms with Crippen LogP contribution in [0.15, 0.2) is 23.1 Å². The van der Waals surface area contributed by atoms with E-state index in [2.05, 4.69) is 10.0 Å². The van der Waals surface area contributed by atoms with Gasteiger partial charge < -0.3 is 11.1 Å². The Kier molecular flexibility index (Phi) is 3.38. The molecule has 110 valence electrons. The molecule has 0 atom stereocenters. The Morgan fingerprint density at radius 1 is 1.20 bits per heavy atom. The molecule has 20 heavy (non-hydrogen) atoms. The second-order valence-electron chi connectivity index (χ2n) is 5.81. The van der Waals surface area contributed by atoms with Crippen LogP contribution in [0, 0.1) is 11.8 Å². The quantitative estimate of drug-likeness (QED) is 0.698. The monoisotopic (exact) mass is 295 g/mol. The molecule has 3 rings (SSSR count). The fourth-order valence-electron chi connectivity index (χ4n) is 2.72. The van der Waals surface area contributed by atoms with Gasteiger partial charge in [-0.25, -0.2) is 13.1 Å². The third-order valence-corrected chi connectivity index (χ3v) is 5.65. The van der Waals surface area contributed by atoms with Gasteiger partial charge in [0.15, 0.2) is 0 Å². The molecule has 0 bridgehead atoms. The third kappa shape index (κ3) is 2.76. The normalized spacial score (nSPS) is 19.3. The maximum absolute atomic E-state index is 11.8. The molecule has 0 aliphatic heterocycles. The third-order valence-electron chi connectivity index (χ3n) is 4.16. The van der Waals surface area contributed by atoms with Crippen molar-refractivity contribution < 1.29 is 8.42 Å². The largest absolute Gasteiger partial charge is 0.398 e. The van der Waals surface area contributed by atoms with Crippen molar-refractivity contribution in [3.63, 3.8) is 0 Å². The summed E-state index contributed by atoms with van der Waals surface area (Å²) in [6, 6.07) is 5.63. The summed E-state index contributed by atoms with van der Waals surface area (Å²) in [5.41, 5.74) is 7.09. The number of nitrogens with one attached hydrogen (secondary N) is 2. The van der Waals surface area contributed by atoms with Gasteiger partial charge in [0.05, 0.1) is 5.69 Å². The summed E-state index contributed by atoms with van der Waals surface area (Å²) in [7, 11) is -2.10. The van der Waals surface area contributed by atoms with E-state index in [0.717, 1.165) is 17.5 Å². The Morgan fingerprint density at radius 3 is 2.25 bits per heavy atom. The molecule has 0 aromatic heterocycles. The van der Waals surface area contributed by atoms with Crippen LogP contribution in [0.2, 0.25) is 0 Å². The fourth-order valence-corrected chi connectivity index (χ4v) is 3.55. The number of rotatable bonds is 6.